The monoisotopic (exact) mass is 667 g/mol. The van der Waals surface area contributed by atoms with Crippen LogP contribution < -0.4 is 0 Å². The molecule has 9 rings (SSSR count). The van der Waals surface area contributed by atoms with Crippen LogP contribution in [-0.2, 0) is 0 Å². The smallest absolute Gasteiger partial charge is 0.164 e. The number of hydrogen-bond donors (Lipinski definition) is 0. The van der Waals surface area contributed by atoms with E-state index in [1.807, 2.05) is 109 Å². The van der Waals surface area contributed by atoms with E-state index in [2.05, 4.69) is 64.6 Å². The Hall–Kier alpha value is -7.25. The molecule has 7 nitrogen and oxygen atoms in total. The van der Waals surface area contributed by atoms with E-state index in [-0.39, 0.29) is 0 Å². The molecule has 0 N–H and O–H groups in total. The van der Waals surface area contributed by atoms with Crippen molar-refractivity contribution in [1.29, 1.82) is 0 Å². The summed E-state index contributed by atoms with van der Waals surface area (Å²) in [7, 11) is 0. The Labute approximate surface area is 300 Å². The molecule has 0 aliphatic carbocycles. The highest BCUT2D eigenvalue weighted by molar-refractivity contribution is 6.03. The van der Waals surface area contributed by atoms with Crippen molar-refractivity contribution < 1.29 is 0 Å². The molecule has 0 spiro atoms. The standard InChI is InChI=1S/C45H29N7/c1-3-13-30(14-4-1)43-50-44(31-15-5-2-6-16-31)52-45(51-43)37-23-22-36(34-17-7-8-18-35(34)37)38-24-21-32(29-48-38)33-27-41(39-19-9-11-25-46-39)49-42(28-33)40-20-10-12-26-47-40/h1-29H. The van der Waals surface area contributed by atoms with Crippen LogP contribution in [0.25, 0.3) is 90.1 Å². The van der Waals surface area contributed by atoms with Crippen molar-refractivity contribution in [2.24, 2.45) is 0 Å². The molecule has 0 saturated carbocycles. The lowest BCUT2D eigenvalue weighted by Gasteiger charge is -2.13. The zero-order valence-electron chi connectivity index (χ0n) is 27.9. The Kier molecular flexibility index (Phi) is 8.04. The minimum atomic E-state index is 0.615. The predicted octanol–water partition coefficient (Wildman–Crippen LogP) is 10.3. The Morgan fingerprint density at radius 2 is 0.808 bits per heavy atom. The molecule has 0 aliphatic heterocycles. The number of fused-ring (bicyclic) bond motifs is 1. The number of nitrogens with zero attached hydrogens (tertiary/aromatic N) is 7. The summed E-state index contributed by atoms with van der Waals surface area (Å²) in [5.41, 5.74) is 9.75. The molecule has 0 radical (unpaired) electrons. The van der Waals surface area contributed by atoms with Crippen molar-refractivity contribution in [1.82, 2.24) is 34.9 Å². The van der Waals surface area contributed by atoms with Gasteiger partial charge in [0.2, 0.25) is 0 Å². The fourth-order valence-electron chi connectivity index (χ4n) is 6.36. The van der Waals surface area contributed by atoms with E-state index in [1.165, 1.54) is 0 Å². The Morgan fingerprint density at radius 3 is 1.35 bits per heavy atom. The van der Waals surface area contributed by atoms with Crippen molar-refractivity contribution in [2.75, 3.05) is 0 Å². The number of pyridine rings is 4. The molecule has 4 aromatic carbocycles. The number of rotatable bonds is 7. The first-order chi connectivity index (χ1) is 25.8. The van der Waals surface area contributed by atoms with E-state index in [1.54, 1.807) is 12.4 Å². The lowest BCUT2D eigenvalue weighted by molar-refractivity contribution is 1.08. The number of benzene rings is 4. The van der Waals surface area contributed by atoms with E-state index in [4.69, 9.17) is 24.9 Å². The van der Waals surface area contributed by atoms with Gasteiger partial charge < -0.3 is 0 Å². The second-order valence-electron chi connectivity index (χ2n) is 12.2. The van der Waals surface area contributed by atoms with Gasteiger partial charge in [-0.25, -0.2) is 19.9 Å². The average Bonchev–Trinajstić information content (AvgIpc) is 3.24. The van der Waals surface area contributed by atoms with Gasteiger partial charge in [0.05, 0.1) is 28.5 Å². The Balaban J connectivity index is 1.13. The topological polar surface area (TPSA) is 90.2 Å². The van der Waals surface area contributed by atoms with E-state index < -0.39 is 0 Å². The molecule has 244 valence electrons. The molecule has 0 bridgehead atoms. The molecule has 0 saturated heterocycles. The minimum absolute atomic E-state index is 0.615. The van der Waals surface area contributed by atoms with Crippen LogP contribution in [0.1, 0.15) is 0 Å². The molecule has 5 aromatic heterocycles. The first-order valence-electron chi connectivity index (χ1n) is 17.0. The molecule has 52 heavy (non-hydrogen) atoms. The highest BCUT2D eigenvalue weighted by Gasteiger charge is 2.17. The Morgan fingerprint density at radius 1 is 0.288 bits per heavy atom. The summed E-state index contributed by atoms with van der Waals surface area (Å²) in [5.74, 6) is 1.87. The average molecular weight is 668 g/mol. The van der Waals surface area contributed by atoms with Crippen molar-refractivity contribution in [3.63, 3.8) is 0 Å². The summed E-state index contributed by atoms with van der Waals surface area (Å²) in [6.07, 6.45) is 5.48. The predicted molar refractivity (Wildman–Crippen MR) is 207 cm³/mol. The maximum Gasteiger partial charge on any atom is 0.164 e. The summed E-state index contributed by atoms with van der Waals surface area (Å²) < 4.78 is 0. The van der Waals surface area contributed by atoms with Crippen molar-refractivity contribution in [3.8, 4) is 79.3 Å². The van der Waals surface area contributed by atoms with Gasteiger partial charge in [0.25, 0.3) is 0 Å². The van der Waals surface area contributed by atoms with Crippen LogP contribution in [0.3, 0.4) is 0 Å². The second-order valence-corrected chi connectivity index (χ2v) is 12.2. The molecule has 0 fully saturated rings. The van der Waals surface area contributed by atoms with Gasteiger partial charge in [0.15, 0.2) is 17.5 Å². The van der Waals surface area contributed by atoms with E-state index in [0.29, 0.717) is 17.5 Å². The van der Waals surface area contributed by atoms with Crippen LogP contribution in [-0.4, -0.2) is 34.9 Å². The lowest BCUT2D eigenvalue weighted by Crippen LogP contribution is -2.00. The molecule has 0 unspecified atom stereocenters. The molecule has 0 amide bonds. The molecule has 0 atom stereocenters. The van der Waals surface area contributed by atoms with Crippen LogP contribution in [0.2, 0.25) is 0 Å². The van der Waals surface area contributed by atoms with Gasteiger partial charge in [-0.15, -0.1) is 0 Å². The van der Waals surface area contributed by atoms with E-state index in [9.17, 15) is 0 Å². The lowest BCUT2D eigenvalue weighted by atomic mass is 9.96. The molecule has 7 heteroatoms. The van der Waals surface area contributed by atoms with Gasteiger partial charge in [-0.2, -0.15) is 0 Å². The first-order valence-corrected chi connectivity index (χ1v) is 17.0. The van der Waals surface area contributed by atoms with Gasteiger partial charge in [-0.05, 0) is 64.9 Å². The first kappa shape index (κ1) is 30.8. The normalized spacial score (nSPS) is 11.1. The summed E-state index contributed by atoms with van der Waals surface area (Å²) in [6, 6.07) is 52.6. The van der Waals surface area contributed by atoms with Gasteiger partial charge >= 0.3 is 0 Å². The van der Waals surface area contributed by atoms with E-state index in [0.717, 1.165) is 72.6 Å². The summed E-state index contributed by atoms with van der Waals surface area (Å²) >= 11 is 0. The van der Waals surface area contributed by atoms with Crippen LogP contribution in [0, 0.1) is 0 Å². The second kappa shape index (κ2) is 13.6. The van der Waals surface area contributed by atoms with Gasteiger partial charge in [-0.1, -0.05) is 109 Å². The highest BCUT2D eigenvalue weighted by Crippen LogP contribution is 2.36. The van der Waals surface area contributed by atoms with Gasteiger partial charge in [0, 0.05) is 46.4 Å². The van der Waals surface area contributed by atoms with Crippen LogP contribution in [0.4, 0.5) is 0 Å². The van der Waals surface area contributed by atoms with E-state index >= 15 is 0 Å². The van der Waals surface area contributed by atoms with Crippen molar-refractivity contribution in [3.05, 3.63) is 176 Å². The highest BCUT2D eigenvalue weighted by atomic mass is 15.0. The van der Waals surface area contributed by atoms with Crippen LogP contribution in [0.5, 0.6) is 0 Å². The summed E-state index contributed by atoms with van der Waals surface area (Å²) in [5, 5.41) is 2.09. The molecule has 5 heterocycles. The fraction of sp³-hybridized carbons (Fsp3) is 0. The molecule has 9 aromatic rings. The van der Waals surface area contributed by atoms with Crippen LogP contribution >= 0.6 is 0 Å². The van der Waals surface area contributed by atoms with Crippen LogP contribution in [0.15, 0.2) is 176 Å². The SMILES string of the molecule is c1ccc(-c2nc(-c3ccccc3)nc(-c3ccc(-c4ccc(-c5cc(-c6ccccn6)nc(-c6ccccn6)c5)cn4)c4ccccc34)n2)cc1. The zero-order valence-corrected chi connectivity index (χ0v) is 27.9. The summed E-state index contributed by atoms with van der Waals surface area (Å²) in [6.45, 7) is 0. The largest absolute Gasteiger partial charge is 0.256 e. The van der Waals surface area contributed by atoms with Crippen molar-refractivity contribution in [2.45, 2.75) is 0 Å². The van der Waals surface area contributed by atoms with Crippen molar-refractivity contribution >= 4 is 10.8 Å². The number of aromatic nitrogens is 7. The molecular weight excluding hydrogens is 639 g/mol. The molecular formula is C45H29N7. The quantitative estimate of drug-likeness (QED) is 0.167. The maximum absolute atomic E-state index is 5.00. The van der Waals surface area contributed by atoms with Gasteiger partial charge in [-0.3, -0.25) is 15.0 Å². The fourth-order valence-corrected chi connectivity index (χ4v) is 6.36. The Bertz CT molecular complexity index is 2530. The van der Waals surface area contributed by atoms with Gasteiger partial charge in [0.1, 0.15) is 0 Å². The third kappa shape index (κ3) is 6.08. The third-order valence-electron chi connectivity index (χ3n) is 8.92. The maximum atomic E-state index is 5.00. The molecule has 0 aliphatic rings. The third-order valence-corrected chi connectivity index (χ3v) is 8.92. The number of hydrogen-bond acceptors (Lipinski definition) is 7. The minimum Gasteiger partial charge on any atom is -0.256 e. The zero-order chi connectivity index (χ0) is 34.7. The summed E-state index contributed by atoms with van der Waals surface area (Å²) in [4.78, 5) is 33.9.